The monoisotopic (exact) mass is 378 g/mol. The molecular weight excluding hydrogens is 354 g/mol. The van der Waals surface area contributed by atoms with Crippen molar-refractivity contribution in [1.29, 1.82) is 0 Å². The van der Waals surface area contributed by atoms with E-state index in [1.165, 1.54) is 19.0 Å². The van der Waals surface area contributed by atoms with Crippen molar-refractivity contribution in [3.05, 3.63) is 30.2 Å². The van der Waals surface area contributed by atoms with Crippen LogP contribution in [0, 0.1) is 5.92 Å². The first-order valence-electron chi connectivity index (χ1n) is 8.98. The summed E-state index contributed by atoms with van der Waals surface area (Å²) < 4.78 is 25.1. The molecule has 0 radical (unpaired) electrons. The van der Waals surface area contributed by atoms with Crippen LogP contribution in [-0.4, -0.2) is 34.2 Å². The lowest BCUT2D eigenvalue weighted by atomic mass is 9.98. The van der Waals surface area contributed by atoms with Crippen LogP contribution in [0.15, 0.2) is 24.7 Å². The summed E-state index contributed by atoms with van der Waals surface area (Å²) in [6.45, 7) is 2.71. The van der Waals surface area contributed by atoms with Gasteiger partial charge >= 0.3 is 0 Å². The Morgan fingerprint density at radius 2 is 2.23 bits per heavy atom. The number of hydrogen-bond donors (Lipinski definition) is 1. The third-order valence-electron chi connectivity index (χ3n) is 4.81. The Morgan fingerprint density at radius 3 is 2.88 bits per heavy atom. The van der Waals surface area contributed by atoms with Gasteiger partial charge in [0.1, 0.15) is 6.04 Å². The molecule has 1 saturated carbocycles. The molecule has 1 amide bonds. The lowest BCUT2D eigenvalue weighted by molar-refractivity contribution is -0.120. The number of anilines is 1. The largest absolute Gasteiger partial charge is 0.772 e. The van der Waals surface area contributed by atoms with Gasteiger partial charge in [0.25, 0.3) is 0 Å². The molecule has 3 rings (SSSR count). The molecule has 1 fully saturated rings. The van der Waals surface area contributed by atoms with Gasteiger partial charge in [0.15, 0.2) is 5.82 Å². The van der Waals surface area contributed by atoms with E-state index in [1.54, 1.807) is 21.6 Å². The molecule has 0 saturated heterocycles. The molecule has 2 aromatic heterocycles. The van der Waals surface area contributed by atoms with Gasteiger partial charge in [-0.05, 0) is 19.3 Å². The van der Waals surface area contributed by atoms with Crippen LogP contribution in [0.25, 0.3) is 0 Å². The molecule has 8 nitrogen and oxygen atoms in total. The highest BCUT2D eigenvalue weighted by atomic mass is 32.2. The Hall–Kier alpha value is -2.00. The van der Waals surface area contributed by atoms with Crippen LogP contribution in [0.3, 0.4) is 0 Å². The SMILES string of the molecule is CCn1ccc(NC(=O)[C@H](CC2CCCC2)n2cc(CS(=O)[O-])cn2)n1. The van der Waals surface area contributed by atoms with Crippen LogP contribution < -0.4 is 5.32 Å². The summed E-state index contributed by atoms with van der Waals surface area (Å²) in [6, 6.07) is 1.29. The van der Waals surface area contributed by atoms with Gasteiger partial charge in [0.05, 0.1) is 6.20 Å². The summed E-state index contributed by atoms with van der Waals surface area (Å²) in [7, 11) is 0. The number of nitrogens with zero attached hydrogens (tertiary/aromatic N) is 4. The fourth-order valence-electron chi connectivity index (χ4n) is 3.47. The van der Waals surface area contributed by atoms with Gasteiger partial charge < -0.3 is 9.87 Å². The Kier molecular flexibility index (Phi) is 6.20. The fraction of sp³-hybridized carbons (Fsp3) is 0.588. The number of aryl methyl sites for hydroxylation is 1. The Balaban J connectivity index is 1.76. The topological polar surface area (TPSA) is 105 Å². The van der Waals surface area contributed by atoms with Crippen LogP contribution >= 0.6 is 0 Å². The smallest absolute Gasteiger partial charge is 0.250 e. The zero-order valence-electron chi connectivity index (χ0n) is 14.8. The second kappa shape index (κ2) is 8.59. The molecule has 2 heterocycles. The van der Waals surface area contributed by atoms with Crippen molar-refractivity contribution in [3.8, 4) is 0 Å². The van der Waals surface area contributed by atoms with Crippen LogP contribution in [-0.2, 0) is 28.2 Å². The number of aromatic nitrogens is 4. The maximum atomic E-state index is 12.9. The van der Waals surface area contributed by atoms with Crippen molar-refractivity contribution in [2.75, 3.05) is 5.32 Å². The minimum absolute atomic E-state index is 0.0985. The predicted molar refractivity (Wildman–Crippen MR) is 97.0 cm³/mol. The normalized spacial score (nSPS) is 17.3. The second-order valence-corrected chi connectivity index (χ2v) is 7.62. The van der Waals surface area contributed by atoms with Gasteiger partial charge in [-0.25, -0.2) is 0 Å². The summed E-state index contributed by atoms with van der Waals surface area (Å²) in [5.74, 6) is 0.733. The van der Waals surface area contributed by atoms with Crippen LogP contribution in [0.4, 0.5) is 5.82 Å². The molecule has 26 heavy (non-hydrogen) atoms. The molecule has 9 heteroatoms. The molecule has 2 aromatic rings. The zero-order chi connectivity index (χ0) is 18.5. The number of hydrogen-bond acceptors (Lipinski definition) is 5. The summed E-state index contributed by atoms with van der Waals surface area (Å²) >= 11 is -2.18. The molecule has 1 N–H and O–H groups in total. The second-order valence-electron chi connectivity index (χ2n) is 6.72. The highest BCUT2D eigenvalue weighted by molar-refractivity contribution is 7.78. The molecule has 0 bridgehead atoms. The molecule has 0 aliphatic heterocycles. The number of nitrogens with one attached hydrogen (secondary N) is 1. The highest BCUT2D eigenvalue weighted by Crippen LogP contribution is 2.32. The molecule has 0 spiro atoms. The number of amides is 1. The van der Waals surface area contributed by atoms with Gasteiger partial charge in [0.2, 0.25) is 5.91 Å². The lowest BCUT2D eigenvalue weighted by Crippen LogP contribution is -2.28. The van der Waals surface area contributed by atoms with E-state index in [1.807, 2.05) is 13.1 Å². The minimum atomic E-state index is -2.18. The summed E-state index contributed by atoms with van der Waals surface area (Å²) in [6.07, 6.45) is 10.3. The van der Waals surface area contributed by atoms with E-state index in [-0.39, 0.29) is 11.7 Å². The van der Waals surface area contributed by atoms with Crippen molar-refractivity contribution < 1.29 is 13.6 Å². The van der Waals surface area contributed by atoms with E-state index in [0.29, 0.717) is 23.7 Å². The first-order valence-corrected chi connectivity index (χ1v) is 10.2. The van der Waals surface area contributed by atoms with Crippen LogP contribution in [0.5, 0.6) is 0 Å². The summed E-state index contributed by atoms with van der Waals surface area (Å²) in [4.78, 5) is 12.9. The van der Waals surface area contributed by atoms with E-state index in [4.69, 9.17) is 0 Å². The average molecular weight is 378 g/mol. The van der Waals surface area contributed by atoms with Gasteiger partial charge in [0, 0.05) is 36.3 Å². The standard InChI is InChI=1S/C17H25N5O3S/c1-2-21-8-7-16(20-21)19-17(23)15(9-13-5-3-4-6-13)22-11-14(10-18-22)12-26(24)25/h7-8,10-11,13,15H,2-6,9,12H2,1H3,(H,24,25)(H,19,20,23)/p-1/t15-/m0/s1. The zero-order valence-corrected chi connectivity index (χ0v) is 15.7. The van der Waals surface area contributed by atoms with Crippen molar-refractivity contribution in [2.45, 2.75) is 57.4 Å². The third kappa shape index (κ3) is 4.79. The van der Waals surface area contributed by atoms with E-state index in [9.17, 15) is 13.6 Å². The number of carbonyl (C=O) groups excluding carboxylic acids is 1. The van der Waals surface area contributed by atoms with E-state index >= 15 is 0 Å². The molecular formula is C17H24N5O3S-. The maximum absolute atomic E-state index is 12.9. The molecule has 0 aromatic carbocycles. The van der Waals surface area contributed by atoms with E-state index in [2.05, 4.69) is 15.5 Å². The van der Waals surface area contributed by atoms with Crippen LogP contribution in [0.2, 0.25) is 0 Å². The summed E-state index contributed by atoms with van der Waals surface area (Å²) in [5, 5.41) is 11.4. The summed E-state index contributed by atoms with van der Waals surface area (Å²) in [5.41, 5.74) is 0.581. The van der Waals surface area contributed by atoms with Gasteiger partial charge in [-0.3, -0.25) is 18.4 Å². The average Bonchev–Trinajstić information content (AvgIpc) is 3.33. The fourth-order valence-corrected chi connectivity index (χ4v) is 3.89. The third-order valence-corrected chi connectivity index (χ3v) is 5.38. The Bertz CT molecular complexity index is 766. The number of carbonyl (C=O) groups is 1. The molecule has 142 valence electrons. The quantitative estimate of drug-likeness (QED) is 0.709. The maximum Gasteiger partial charge on any atom is 0.250 e. The van der Waals surface area contributed by atoms with Crippen molar-refractivity contribution in [3.63, 3.8) is 0 Å². The van der Waals surface area contributed by atoms with E-state index < -0.39 is 17.1 Å². The van der Waals surface area contributed by atoms with Crippen LogP contribution in [0.1, 0.15) is 50.6 Å². The van der Waals surface area contributed by atoms with Crippen molar-refractivity contribution >= 4 is 22.8 Å². The minimum Gasteiger partial charge on any atom is -0.772 e. The molecule has 2 atom stereocenters. The molecule has 1 unspecified atom stereocenters. The van der Waals surface area contributed by atoms with E-state index in [0.717, 1.165) is 19.4 Å². The lowest BCUT2D eigenvalue weighted by Gasteiger charge is -2.20. The highest BCUT2D eigenvalue weighted by Gasteiger charge is 2.27. The predicted octanol–water partition coefficient (Wildman–Crippen LogP) is 2.24. The van der Waals surface area contributed by atoms with Crippen molar-refractivity contribution in [2.24, 2.45) is 5.92 Å². The van der Waals surface area contributed by atoms with Crippen molar-refractivity contribution in [1.82, 2.24) is 19.6 Å². The van der Waals surface area contributed by atoms with Gasteiger partial charge in [-0.15, -0.1) is 0 Å². The number of rotatable bonds is 8. The first-order chi connectivity index (χ1) is 12.5. The van der Waals surface area contributed by atoms with Gasteiger partial charge in [-0.1, -0.05) is 36.8 Å². The Morgan fingerprint density at radius 1 is 1.46 bits per heavy atom. The van der Waals surface area contributed by atoms with Gasteiger partial charge in [-0.2, -0.15) is 10.2 Å². The molecule has 1 aliphatic rings. The Labute approximate surface area is 155 Å². The molecule has 1 aliphatic carbocycles. The first kappa shape index (κ1) is 18.8.